The van der Waals surface area contributed by atoms with Gasteiger partial charge in [-0.25, -0.2) is 9.78 Å². The van der Waals surface area contributed by atoms with E-state index < -0.39 is 12.1 Å². The number of rotatable bonds is 6. The summed E-state index contributed by atoms with van der Waals surface area (Å²) in [5.74, 6) is -0.896. The maximum Gasteiger partial charge on any atom is 0.351 e. The highest BCUT2D eigenvalue weighted by atomic mass is 32.1. The summed E-state index contributed by atoms with van der Waals surface area (Å²) in [6.45, 7) is 7.13. The van der Waals surface area contributed by atoms with E-state index in [1.165, 1.54) is 18.3 Å². The van der Waals surface area contributed by atoms with Crippen LogP contribution in [0.25, 0.3) is 10.6 Å². The number of amides is 1. The molecule has 0 aliphatic rings. The highest BCUT2D eigenvalue weighted by molar-refractivity contribution is 7.17. The monoisotopic (exact) mass is 330 g/mol. The molecular formula is C17H18N2O3S. The Labute approximate surface area is 139 Å². The molecule has 1 aromatic carbocycles. The average molecular weight is 330 g/mol. The summed E-state index contributed by atoms with van der Waals surface area (Å²) in [4.78, 5) is 28.8. The second-order valence-corrected chi connectivity index (χ2v) is 5.88. The highest BCUT2D eigenvalue weighted by Gasteiger charge is 2.22. The van der Waals surface area contributed by atoms with Gasteiger partial charge in [0, 0.05) is 12.1 Å². The predicted octanol–water partition coefficient (Wildman–Crippen LogP) is 2.97. The van der Waals surface area contributed by atoms with Crippen LogP contribution in [0, 0.1) is 6.92 Å². The van der Waals surface area contributed by atoms with Crippen LogP contribution in [0.5, 0.6) is 0 Å². The lowest BCUT2D eigenvalue weighted by Gasteiger charge is -2.12. The third-order valence-corrected chi connectivity index (χ3v) is 4.26. The summed E-state index contributed by atoms with van der Waals surface area (Å²) in [6, 6.07) is 9.60. The maximum absolute atomic E-state index is 12.2. The molecule has 0 aliphatic carbocycles. The van der Waals surface area contributed by atoms with E-state index in [2.05, 4.69) is 16.9 Å². The first-order valence-corrected chi connectivity index (χ1v) is 7.97. The number of hydrogen-bond donors (Lipinski definition) is 1. The summed E-state index contributed by atoms with van der Waals surface area (Å²) in [7, 11) is 0. The molecular weight excluding hydrogens is 312 g/mol. The Hall–Kier alpha value is -2.47. The lowest BCUT2D eigenvalue weighted by Crippen LogP contribution is -2.35. The molecule has 23 heavy (non-hydrogen) atoms. The van der Waals surface area contributed by atoms with E-state index in [0.29, 0.717) is 17.1 Å². The number of aromatic nitrogens is 1. The molecule has 0 aliphatic heterocycles. The van der Waals surface area contributed by atoms with Crippen LogP contribution in [-0.4, -0.2) is 29.5 Å². The van der Waals surface area contributed by atoms with Gasteiger partial charge in [0.2, 0.25) is 0 Å². The standard InChI is InChI=1S/C17H18N2O3S/c1-4-10-18-15(20)12(3)22-17(21)14-11(2)19-16(23-14)13-8-6-5-7-9-13/h4-9,12H,1,10H2,2-3H3,(H,18,20)/t12-/m0/s1. The van der Waals surface area contributed by atoms with Crippen molar-refractivity contribution >= 4 is 23.2 Å². The molecule has 6 heteroatoms. The first kappa shape index (κ1) is 16.9. The van der Waals surface area contributed by atoms with Crippen molar-refractivity contribution in [3.63, 3.8) is 0 Å². The zero-order valence-electron chi connectivity index (χ0n) is 13.0. The first-order chi connectivity index (χ1) is 11.0. The second kappa shape index (κ2) is 7.69. The summed E-state index contributed by atoms with van der Waals surface area (Å²) >= 11 is 1.26. The number of hydrogen-bond acceptors (Lipinski definition) is 5. The van der Waals surface area contributed by atoms with Gasteiger partial charge in [-0.3, -0.25) is 4.79 Å². The summed E-state index contributed by atoms with van der Waals surface area (Å²) in [5, 5.41) is 3.34. The lowest BCUT2D eigenvalue weighted by atomic mass is 10.2. The zero-order chi connectivity index (χ0) is 16.8. The summed E-state index contributed by atoms with van der Waals surface area (Å²) < 4.78 is 5.21. The average Bonchev–Trinajstić information content (AvgIpc) is 2.95. The number of ether oxygens (including phenoxy) is 1. The number of nitrogens with zero attached hydrogens (tertiary/aromatic N) is 1. The smallest absolute Gasteiger partial charge is 0.351 e. The van der Waals surface area contributed by atoms with Crippen molar-refractivity contribution in [2.75, 3.05) is 6.54 Å². The van der Waals surface area contributed by atoms with Crippen molar-refractivity contribution in [1.82, 2.24) is 10.3 Å². The molecule has 0 fully saturated rings. The molecule has 0 spiro atoms. The fourth-order valence-electron chi connectivity index (χ4n) is 1.87. The van der Waals surface area contributed by atoms with Crippen molar-refractivity contribution in [3.05, 3.63) is 53.6 Å². The minimum Gasteiger partial charge on any atom is -0.448 e. The second-order valence-electron chi connectivity index (χ2n) is 4.88. The Morgan fingerprint density at radius 1 is 1.39 bits per heavy atom. The lowest BCUT2D eigenvalue weighted by molar-refractivity contribution is -0.128. The molecule has 1 atom stereocenters. The van der Waals surface area contributed by atoms with Gasteiger partial charge >= 0.3 is 5.97 Å². The third kappa shape index (κ3) is 4.26. The zero-order valence-corrected chi connectivity index (χ0v) is 13.9. The predicted molar refractivity (Wildman–Crippen MR) is 90.4 cm³/mol. The van der Waals surface area contributed by atoms with E-state index >= 15 is 0 Å². The SMILES string of the molecule is C=CCNC(=O)[C@H](C)OC(=O)c1sc(-c2ccccc2)nc1C. The van der Waals surface area contributed by atoms with Gasteiger partial charge in [-0.05, 0) is 13.8 Å². The minimum absolute atomic E-state index is 0.332. The summed E-state index contributed by atoms with van der Waals surface area (Å²) in [6.07, 6.45) is 0.690. The summed E-state index contributed by atoms with van der Waals surface area (Å²) in [5.41, 5.74) is 1.54. The van der Waals surface area contributed by atoms with E-state index in [1.807, 2.05) is 30.3 Å². The Kier molecular flexibility index (Phi) is 5.65. The Morgan fingerprint density at radius 2 is 2.09 bits per heavy atom. The molecule has 1 N–H and O–H groups in total. The van der Waals surface area contributed by atoms with Crippen molar-refractivity contribution in [2.24, 2.45) is 0 Å². The van der Waals surface area contributed by atoms with E-state index in [9.17, 15) is 9.59 Å². The van der Waals surface area contributed by atoms with Crippen molar-refractivity contribution in [2.45, 2.75) is 20.0 Å². The largest absolute Gasteiger partial charge is 0.448 e. The van der Waals surface area contributed by atoms with Crippen LogP contribution in [-0.2, 0) is 9.53 Å². The minimum atomic E-state index is -0.871. The highest BCUT2D eigenvalue weighted by Crippen LogP contribution is 2.28. The van der Waals surface area contributed by atoms with Crippen LogP contribution < -0.4 is 5.32 Å². The molecule has 0 saturated carbocycles. The molecule has 2 aromatic rings. The topological polar surface area (TPSA) is 68.3 Å². The number of benzene rings is 1. The van der Waals surface area contributed by atoms with E-state index in [-0.39, 0.29) is 5.91 Å². The Bertz CT molecular complexity index is 710. The number of nitrogens with one attached hydrogen (secondary N) is 1. The van der Waals surface area contributed by atoms with Crippen LogP contribution >= 0.6 is 11.3 Å². The number of esters is 1. The Balaban J connectivity index is 2.10. The van der Waals surface area contributed by atoms with Crippen LogP contribution in [0.1, 0.15) is 22.3 Å². The van der Waals surface area contributed by atoms with Gasteiger partial charge in [0.1, 0.15) is 9.88 Å². The Morgan fingerprint density at radius 3 is 2.74 bits per heavy atom. The molecule has 0 unspecified atom stereocenters. The van der Waals surface area contributed by atoms with E-state index in [4.69, 9.17) is 4.74 Å². The molecule has 0 bridgehead atoms. The molecule has 120 valence electrons. The number of thiazole rings is 1. The number of aryl methyl sites for hydroxylation is 1. The van der Waals surface area contributed by atoms with Crippen molar-refractivity contribution < 1.29 is 14.3 Å². The van der Waals surface area contributed by atoms with Crippen molar-refractivity contribution in [3.8, 4) is 10.6 Å². The third-order valence-electron chi connectivity index (χ3n) is 3.08. The van der Waals surface area contributed by atoms with Crippen LogP contribution in [0.3, 0.4) is 0 Å². The van der Waals surface area contributed by atoms with Crippen LogP contribution in [0.2, 0.25) is 0 Å². The maximum atomic E-state index is 12.2. The normalized spacial score (nSPS) is 11.6. The van der Waals surface area contributed by atoms with Crippen LogP contribution in [0.15, 0.2) is 43.0 Å². The van der Waals surface area contributed by atoms with Gasteiger partial charge < -0.3 is 10.1 Å². The molecule has 0 radical (unpaired) electrons. The van der Waals surface area contributed by atoms with Gasteiger partial charge in [-0.2, -0.15) is 0 Å². The molecule has 0 saturated heterocycles. The van der Waals surface area contributed by atoms with Gasteiger partial charge in [-0.1, -0.05) is 36.4 Å². The van der Waals surface area contributed by atoms with Gasteiger partial charge in [0.15, 0.2) is 6.10 Å². The van der Waals surface area contributed by atoms with Gasteiger partial charge in [0.25, 0.3) is 5.91 Å². The van der Waals surface area contributed by atoms with Crippen molar-refractivity contribution in [1.29, 1.82) is 0 Å². The molecule has 1 amide bonds. The quantitative estimate of drug-likeness (QED) is 0.653. The number of carbonyl (C=O) groups is 2. The molecule has 1 heterocycles. The molecule has 1 aromatic heterocycles. The van der Waals surface area contributed by atoms with E-state index in [0.717, 1.165) is 10.6 Å². The van der Waals surface area contributed by atoms with Gasteiger partial charge in [0.05, 0.1) is 5.69 Å². The van der Waals surface area contributed by atoms with Gasteiger partial charge in [-0.15, -0.1) is 17.9 Å². The van der Waals surface area contributed by atoms with Crippen LogP contribution in [0.4, 0.5) is 0 Å². The number of carbonyl (C=O) groups excluding carboxylic acids is 2. The molecule has 5 nitrogen and oxygen atoms in total. The first-order valence-electron chi connectivity index (χ1n) is 7.15. The fourth-order valence-corrected chi connectivity index (χ4v) is 2.83. The fraction of sp³-hybridized carbons (Fsp3) is 0.235. The molecule has 2 rings (SSSR count). The van der Waals surface area contributed by atoms with E-state index in [1.54, 1.807) is 13.0 Å².